The van der Waals surface area contributed by atoms with E-state index in [1.165, 1.54) is 6.07 Å². The maximum absolute atomic E-state index is 12.5. The second kappa shape index (κ2) is 9.59. The van der Waals surface area contributed by atoms with Crippen LogP contribution in [0.15, 0.2) is 47.1 Å². The van der Waals surface area contributed by atoms with Gasteiger partial charge in [-0.05, 0) is 49.7 Å². The number of alkyl halides is 3. The molecule has 0 fully saturated rings. The van der Waals surface area contributed by atoms with E-state index in [1.807, 2.05) is 12.1 Å². The molecule has 0 saturated heterocycles. The fourth-order valence-electron chi connectivity index (χ4n) is 2.10. The third-order valence-electron chi connectivity index (χ3n) is 3.55. The van der Waals surface area contributed by atoms with Gasteiger partial charge in [0.25, 0.3) is 5.91 Å². The molecule has 0 bridgehead atoms. The lowest BCUT2D eigenvalue weighted by Gasteiger charge is -2.15. The second-order valence-corrected chi connectivity index (χ2v) is 6.63. The van der Waals surface area contributed by atoms with Gasteiger partial charge < -0.3 is 15.4 Å². The first kappa shape index (κ1) is 21.0. The highest BCUT2D eigenvalue weighted by Crippen LogP contribution is 2.28. The summed E-state index contributed by atoms with van der Waals surface area (Å²) in [6.45, 7) is 2.52. The van der Waals surface area contributed by atoms with Crippen molar-refractivity contribution < 1.29 is 22.7 Å². The first-order valence-electron chi connectivity index (χ1n) is 8.23. The lowest BCUT2D eigenvalue weighted by atomic mass is 10.3. The molecule has 0 radical (unpaired) electrons. The predicted molar refractivity (Wildman–Crippen MR) is 99.6 cm³/mol. The van der Waals surface area contributed by atoms with E-state index in [1.54, 1.807) is 19.1 Å². The zero-order valence-corrected chi connectivity index (χ0v) is 16.1. The van der Waals surface area contributed by atoms with Gasteiger partial charge >= 0.3 is 6.18 Å². The number of carbonyl (C=O) groups excluding carboxylic acids is 1. The number of rotatable bonds is 8. The molecule has 0 saturated carbocycles. The smallest absolute Gasteiger partial charge is 0.417 e. The monoisotopic (exact) mass is 445 g/mol. The minimum atomic E-state index is -4.40. The highest BCUT2D eigenvalue weighted by Gasteiger charge is 2.30. The first-order chi connectivity index (χ1) is 12.8. The summed E-state index contributed by atoms with van der Waals surface area (Å²) in [5.41, 5.74) is -0.792. The first-order valence-corrected chi connectivity index (χ1v) is 9.02. The molecule has 27 heavy (non-hydrogen) atoms. The summed E-state index contributed by atoms with van der Waals surface area (Å²) in [5.74, 6) is 0.697. The summed E-state index contributed by atoms with van der Waals surface area (Å²) in [4.78, 5) is 15.7. The summed E-state index contributed by atoms with van der Waals surface area (Å²) in [6, 6.07) is 9.40. The van der Waals surface area contributed by atoms with Crippen LogP contribution in [-0.4, -0.2) is 30.1 Å². The molecule has 2 rings (SSSR count). The Bertz CT molecular complexity index is 737. The van der Waals surface area contributed by atoms with Crippen LogP contribution in [0.2, 0.25) is 0 Å². The van der Waals surface area contributed by atoms with Crippen molar-refractivity contribution in [2.75, 3.05) is 18.4 Å². The van der Waals surface area contributed by atoms with Crippen LogP contribution in [0.25, 0.3) is 0 Å². The lowest BCUT2D eigenvalue weighted by molar-refractivity contribution is -0.137. The molecule has 1 amide bonds. The molecule has 0 aliphatic carbocycles. The Balaban J connectivity index is 1.65. The van der Waals surface area contributed by atoms with E-state index in [2.05, 4.69) is 31.5 Å². The number of hydrogen-bond acceptors (Lipinski definition) is 4. The number of aromatic nitrogens is 1. The third-order valence-corrected chi connectivity index (χ3v) is 4.07. The van der Waals surface area contributed by atoms with Gasteiger partial charge in [-0.15, -0.1) is 0 Å². The molecule has 0 aliphatic rings. The van der Waals surface area contributed by atoms with E-state index in [4.69, 9.17) is 4.74 Å². The van der Waals surface area contributed by atoms with Gasteiger partial charge in [0.15, 0.2) is 6.10 Å². The van der Waals surface area contributed by atoms with Crippen LogP contribution in [0.3, 0.4) is 0 Å². The van der Waals surface area contributed by atoms with Crippen LogP contribution in [0.5, 0.6) is 5.75 Å². The molecule has 2 aromatic rings. The maximum Gasteiger partial charge on any atom is 0.417 e. The number of carbonyl (C=O) groups is 1. The molecular weight excluding hydrogens is 427 g/mol. The van der Waals surface area contributed by atoms with Gasteiger partial charge in [0.2, 0.25) is 0 Å². The quantitative estimate of drug-likeness (QED) is 0.596. The zero-order chi connectivity index (χ0) is 19.9. The van der Waals surface area contributed by atoms with E-state index in [0.29, 0.717) is 31.1 Å². The fraction of sp³-hybridized carbons (Fsp3) is 0.333. The van der Waals surface area contributed by atoms with Crippen LogP contribution in [0.1, 0.15) is 18.9 Å². The Morgan fingerprint density at radius 1 is 1.19 bits per heavy atom. The zero-order valence-electron chi connectivity index (χ0n) is 14.5. The van der Waals surface area contributed by atoms with Gasteiger partial charge in [-0.3, -0.25) is 4.79 Å². The van der Waals surface area contributed by atoms with E-state index in [-0.39, 0.29) is 5.91 Å². The van der Waals surface area contributed by atoms with Crippen LogP contribution < -0.4 is 15.4 Å². The minimum absolute atomic E-state index is 0.245. The molecule has 1 aromatic heterocycles. The van der Waals surface area contributed by atoms with E-state index >= 15 is 0 Å². The Labute approximate surface area is 163 Å². The van der Waals surface area contributed by atoms with Gasteiger partial charge in [-0.1, -0.05) is 15.9 Å². The van der Waals surface area contributed by atoms with Crippen molar-refractivity contribution in [1.29, 1.82) is 0 Å². The number of anilines is 1. The molecule has 1 atom stereocenters. The Kier molecular flexibility index (Phi) is 7.46. The SMILES string of the molecule is C[C@@H](Oc1ccc(Br)cc1)C(=O)NCCCNc1ccc(C(F)(F)F)cn1. The van der Waals surface area contributed by atoms with Crippen LogP contribution >= 0.6 is 15.9 Å². The molecular formula is C18H19BrF3N3O2. The van der Waals surface area contributed by atoms with Gasteiger partial charge in [0.05, 0.1) is 5.56 Å². The standard InChI is InChI=1S/C18H19BrF3N3O2/c1-12(27-15-6-4-14(19)5-7-15)17(26)24-10-2-9-23-16-8-3-13(11-25-16)18(20,21)22/h3-8,11-12H,2,9-10H2,1H3,(H,23,25)(H,24,26)/t12-/m1/s1. The molecule has 5 nitrogen and oxygen atoms in total. The van der Waals surface area contributed by atoms with Gasteiger partial charge in [-0.2, -0.15) is 13.2 Å². The number of hydrogen-bond donors (Lipinski definition) is 2. The summed E-state index contributed by atoms with van der Waals surface area (Å²) >= 11 is 3.32. The van der Waals surface area contributed by atoms with Gasteiger partial charge in [0.1, 0.15) is 11.6 Å². The van der Waals surface area contributed by atoms with Crippen LogP contribution in [-0.2, 0) is 11.0 Å². The Morgan fingerprint density at radius 2 is 1.89 bits per heavy atom. The number of halogens is 4. The largest absolute Gasteiger partial charge is 0.481 e. The van der Waals surface area contributed by atoms with Crippen molar-refractivity contribution in [3.63, 3.8) is 0 Å². The van der Waals surface area contributed by atoms with Crippen molar-refractivity contribution in [2.24, 2.45) is 0 Å². The Morgan fingerprint density at radius 3 is 2.48 bits per heavy atom. The number of benzene rings is 1. The molecule has 9 heteroatoms. The second-order valence-electron chi connectivity index (χ2n) is 5.72. The maximum atomic E-state index is 12.5. The average molecular weight is 446 g/mol. The highest BCUT2D eigenvalue weighted by molar-refractivity contribution is 9.10. The average Bonchev–Trinajstić information content (AvgIpc) is 2.62. The van der Waals surface area contributed by atoms with E-state index in [0.717, 1.165) is 16.7 Å². The van der Waals surface area contributed by atoms with Crippen molar-refractivity contribution in [3.8, 4) is 5.75 Å². The van der Waals surface area contributed by atoms with Gasteiger partial charge in [0, 0.05) is 23.8 Å². The molecule has 1 heterocycles. The summed E-state index contributed by atoms with van der Waals surface area (Å²) in [7, 11) is 0. The summed E-state index contributed by atoms with van der Waals surface area (Å²) < 4.78 is 43.8. The molecule has 0 unspecified atom stereocenters. The summed E-state index contributed by atoms with van der Waals surface area (Å²) in [5, 5.41) is 5.65. The lowest BCUT2D eigenvalue weighted by Crippen LogP contribution is -2.37. The number of pyridine rings is 1. The predicted octanol–water partition coefficient (Wildman–Crippen LogP) is 4.25. The number of ether oxygens (including phenoxy) is 1. The van der Waals surface area contributed by atoms with Crippen molar-refractivity contribution in [2.45, 2.75) is 25.6 Å². The molecule has 146 valence electrons. The van der Waals surface area contributed by atoms with Crippen molar-refractivity contribution >= 4 is 27.7 Å². The number of nitrogens with zero attached hydrogens (tertiary/aromatic N) is 1. The molecule has 0 aliphatic heterocycles. The number of amides is 1. The summed E-state index contributed by atoms with van der Waals surface area (Å²) in [6.07, 6.45) is -3.68. The van der Waals surface area contributed by atoms with Gasteiger partial charge in [-0.25, -0.2) is 4.98 Å². The Hall–Kier alpha value is -2.29. The fourth-order valence-corrected chi connectivity index (χ4v) is 2.36. The molecule has 0 spiro atoms. The van der Waals surface area contributed by atoms with Crippen molar-refractivity contribution in [1.82, 2.24) is 10.3 Å². The minimum Gasteiger partial charge on any atom is -0.481 e. The number of nitrogens with one attached hydrogen (secondary N) is 2. The van der Waals surface area contributed by atoms with E-state index < -0.39 is 17.8 Å². The topological polar surface area (TPSA) is 63.2 Å². The third kappa shape index (κ3) is 7.09. The van der Waals surface area contributed by atoms with Crippen LogP contribution in [0, 0.1) is 0 Å². The normalized spacial score (nSPS) is 12.3. The molecule has 2 N–H and O–H groups in total. The highest BCUT2D eigenvalue weighted by atomic mass is 79.9. The van der Waals surface area contributed by atoms with Crippen LogP contribution in [0.4, 0.5) is 19.0 Å². The van der Waals surface area contributed by atoms with Crippen molar-refractivity contribution in [3.05, 3.63) is 52.6 Å². The molecule has 1 aromatic carbocycles. The van der Waals surface area contributed by atoms with E-state index in [9.17, 15) is 18.0 Å².